The van der Waals surface area contributed by atoms with Crippen molar-refractivity contribution in [3.05, 3.63) is 60.2 Å². The van der Waals surface area contributed by atoms with Gasteiger partial charge in [-0.05, 0) is 17.7 Å². The second-order valence-corrected chi connectivity index (χ2v) is 6.95. The first-order chi connectivity index (χ1) is 10.7. The number of fused-ring (bicyclic) bond motifs is 1. The van der Waals surface area contributed by atoms with E-state index in [-0.39, 0.29) is 16.3 Å². The summed E-state index contributed by atoms with van der Waals surface area (Å²) in [6.45, 7) is 0. The van der Waals surface area contributed by atoms with Crippen molar-refractivity contribution in [3.8, 4) is 0 Å². The van der Waals surface area contributed by atoms with Crippen molar-refractivity contribution >= 4 is 49.5 Å². The van der Waals surface area contributed by atoms with Crippen LogP contribution >= 0.6 is 23.1 Å². The SMILES string of the molecule is N=C1SC(c2ccccc2)C(=O)N1c1nc2ccccc2s1. The van der Waals surface area contributed by atoms with Crippen LogP contribution in [0.4, 0.5) is 5.13 Å². The minimum Gasteiger partial charge on any atom is -0.278 e. The van der Waals surface area contributed by atoms with Gasteiger partial charge in [-0.3, -0.25) is 10.2 Å². The standard InChI is InChI=1S/C16H11N3OS2/c17-15-19(16-18-11-8-4-5-9-12(11)21-16)14(20)13(22-15)10-6-2-1-3-7-10/h1-9,13,17H. The molecular formula is C16H11N3OS2. The van der Waals surface area contributed by atoms with E-state index >= 15 is 0 Å². The van der Waals surface area contributed by atoms with Gasteiger partial charge in [-0.25, -0.2) is 9.88 Å². The van der Waals surface area contributed by atoms with Crippen LogP contribution in [0, 0.1) is 5.41 Å². The molecule has 4 nitrogen and oxygen atoms in total. The number of thioether (sulfide) groups is 1. The summed E-state index contributed by atoms with van der Waals surface area (Å²) in [5.74, 6) is -0.0970. The lowest BCUT2D eigenvalue weighted by Crippen LogP contribution is -2.29. The van der Waals surface area contributed by atoms with Crippen LogP contribution in [0.1, 0.15) is 10.8 Å². The summed E-state index contributed by atoms with van der Waals surface area (Å²) in [7, 11) is 0. The topological polar surface area (TPSA) is 57.1 Å². The normalized spacial score (nSPS) is 18.4. The Hall–Kier alpha value is -2.18. The molecule has 2 aromatic carbocycles. The largest absolute Gasteiger partial charge is 0.278 e. The smallest absolute Gasteiger partial charge is 0.253 e. The average Bonchev–Trinajstić information content (AvgIpc) is 3.08. The summed E-state index contributed by atoms with van der Waals surface area (Å²) in [5, 5.41) is 8.61. The first-order valence-electron chi connectivity index (χ1n) is 6.74. The second kappa shape index (κ2) is 5.23. The van der Waals surface area contributed by atoms with Gasteiger partial charge >= 0.3 is 0 Å². The number of thiazole rings is 1. The number of amides is 1. The lowest BCUT2D eigenvalue weighted by atomic mass is 10.1. The molecule has 0 bridgehead atoms. The van der Waals surface area contributed by atoms with E-state index in [0.717, 1.165) is 15.8 Å². The first kappa shape index (κ1) is 13.5. The Bertz CT molecular complexity index is 842. The third kappa shape index (κ3) is 2.12. The number of anilines is 1. The van der Waals surface area contributed by atoms with Crippen LogP contribution in [-0.2, 0) is 4.79 Å². The lowest BCUT2D eigenvalue weighted by molar-refractivity contribution is -0.117. The number of nitrogens with one attached hydrogen (secondary N) is 1. The van der Waals surface area contributed by atoms with Crippen LogP contribution in [0.3, 0.4) is 0 Å². The molecule has 1 atom stereocenters. The number of carbonyl (C=O) groups excluding carboxylic acids is 1. The highest BCUT2D eigenvalue weighted by molar-refractivity contribution is 8.15. The Morgan fingerprint density at radius 2 is 1.77 bits per heavy atom. The van der Waals surface area contributed by atoms with Gasteiger partial charge in [-0.15, -0.1) is 0 Å². The quantitative estimate of drug-likeness (QED) is 0.773. The molecule has 2 heterocycles. The summed E-state index contributed by atoms with van der Waals surface area (Å²) in [6, 6.07) is 17.3. The number of benzene rings is 2. The molecule has 1 N–H and O–H groups in total. The molecule has 1 amide bonds. The molecule has 1 aliphatic rings. The van der Waals surface area contributed by atoms with Crippen LogP contribution < -0.4 is 4.90 Å². The molecule has 1 fully saturated rings. The zero-order chi connectivity index (χ0) is 15.1. The van der Waals surface area contributed by atoms with E-state index in [1.54, 1.807) is 0 Å². The van der Waals surface area contributed by atoms with Gasteiger partial charge in [-0.1, -0.05) is 65.6 Å². The molecule has 1 saturated heterocycles. The number of hydrogen-bond acceptors (Lipinski definition) is 5. The van der Waals surface area contributed by atoms with Gasteiger partial charge in [0.25, 0.3) is 5.91 Å². The molecule has 0 saturated carbocycles. The van der Waals surface area contributed by atoms with Crippen molar-refractivity contribution in [2.24, 2.45) is 0 Å². The number of aromatic nitrogens is 1. The van der Waals surface area contributed by atoms with E-state index in [9.17, 15) is 4.79 Å². The van der Waals surface area contributed by atoms with Crippen LogP contribution in [-0.4, -0.2) is 16.1 Å². The second-order valence-electron chi connectivity index (χ2n) is 4.85. The Morgan fingerprint density at radius 3 is 2.55 bits per heavy atom. The van der Waals surface area contributed by atoms with Crippen LogP contribution in [0.15, 0.2) is 54.6 Å². The zero-order valence-electron chi connectivity index (χ0n) is 11.4. The number of hydrogen-bond donors (Lipinski definition) is 1. The van der Waals surface area contributed by atoms with Gasteiger partial charge in [0.05, 0.1) is 10.2 Å². The van der Waals surface area contributed by atoms with Crippen LogP contribution in [0.2, 0.25) is 0 Å². The minimum atomic E-state index is -0.360. The molecule has 22 heavy (non-hydrogen) atoms. The Labute approximate surface area is 135 Å². The van der Waals surface area contributed by atoms with E-state index in [1.807, 2.05) is 54.6 Å². The third-order valence-electron chi connectivity index (χ3n) is 3.45. The maximum absolute atomic E-state index is 12.7. The predicted octanol–water partition coefficient (Wildman–Crippen LogP) is 4.05. The highest BCUT2D eigenvalue weighted by atomic mass is 32.2. The molecule has 6 heteroatoms. The van der Waals surface area contributed by atoms with Gasteiger partial charge in [0.2, 0.25) is 0 Å². The number of carbonyl (C=O) groups is 1. The highest BCUT2D eigenvalue weighted by Crippen LogP contribution is 2.42. The van der Waals surface area contributed by atoms with Crippen molar-refractivity contribution in [3.63, 3.8) is 0 Å². The molecule has 3 aromatic rings. The fraction of sp³-hybridized carbons (Fsp3) is 0.0625. The number of para-hydroxylation sites is 1. The van der Waals surface area contributed by atoms with E-state index in [2.05, 4.69) is 4.98 Å². The summed E-state index contributed by atoms with van der Waals surface area (Å²) < 4.78 is 1.02. The highest BCUT2D eigenvalue weighted by Gasteiger charge is 2.40. The van der Waals surface area contributed by atoms with Crippen molar-refractivity contribution in [2.75, 3.05) is 4.90 Å². The molecule has 1 aliphatic heterocycles. The van der Waals surface area contributed by atoms with Crippen LogP contribution in [0.25, 0.3) is 10.2 Å². The molecule has 1 aromatic heterocycles. The molecule has 108 valence electrons. The molecule has 1 unspecified atom stereocenters. The lowest BCUT2D eigenvalue weighted by Gasteiger charge is -2.11. The van der Waals surface area contributed by atoms with Gasteiger partial charge in [-0.2, -0.15) is 0 Å². The fourth-order valence-corrected chi connectivity index (χ4v) is 4.45. The fourth-order valence-electron chi connectivity index (χ4n) is 2.41. The molecule has 0 spiro atoms. The van der Waals surface area contributed by atoms with Gasteiger partial charge in [0.15, 0.2) is 10.3 Å². The maximum atomic E-state index is 12.7. The first-order valence-corrected chi connectivity index (χ1v) is 8.43. The summed E-state index contributed by atoms with van der Waals surface area (Å²) in [5.41, 5.74) is 1.78. The summed E-state index contributed by atoms with van der Waals surface area (Å²) in [4.78, 5) is 18.6. The molecule has 0 aliphatic carbocycles. The predicted molar refractivity (Wildman–Crippen MR) is 91.6 cm³/mol. The van der Waals surface area contributed by atoms with Crippen molar-refractivity contribution in [1.82, 2.24) is 4.98 Å². The van der Waals surface area contributed by atoms with Crippen molar-refractivity contribution < 1.29 is 4.79 Å². The van der Waals surface area contributed by atoms with Gasteiger partial charge in [0.1, 0.15) is 5.25 Å². The monoisotopic (exact) mass is 325 g/mol. The molecular weight excluding hydrogens is 314 g/mol. The van der Waals surface area contributed by atoms with Gasteiger partial charge < -0.3 is 0 Å². The number of rotatable bonds is 2. The average molecular weight is 325 g/mol. The Morgan fingerprint density at radius 1 is 1.05 bits per heavy atom. The van der Waals surface area contributed by atoms with Crippen LogP contribution in [0.5, 0.6) is 0 Å². The third-order valence-corrected chi connectivity index (χ3v) is 5.59. The summed E-state index contributed by atoms with van der Waals surface area (Å²) >= 11 is 2.71. The van der Waals surface area contributed by atoms with E-state index < -0.39 is 0 Å². The molecule has 0 radical (unpaired) electrons. The number of nitrogens with zero attached hydrogens (tertiary/aromatic N) is 2. The van der Waals surface area contributed by atoms with E-state index in [1.165, 1.54) is 28.0 Å². The van der Waals surface area contributed by atoms with E-state index in [0.29, 0.717) is 5.13 Å². The zero-order valence-corrected chi connectivity index (χ0v) is 13.0. The van der Waals surface area contributed by atoms with Crippen molar-refractivity contribution in [1.29, 1.82) is 5.41 Å². The Balaban J connectivity index is 1.73. The van der Waals surface area contributed by atoms with Crippen molar-refractivity contribution in [2.45, 2.75) is 5.25 Å². The van der Waals surface area contributed by atoms with Gasteiger partial charge in [0, 0.05) is 0 Å². The minimum absolute atomic E-state index is 0.0970. The molecule has 4 rings (SSSR count). The maximum Gasteiger partial charge on any atom is 0.253 e. The number of amidine groups is 1. The summed E-state index contributed by atoms with van der Waals surface area (Å²) in [6.07, 6.45) is 0. The van der Waals surface area contributed by atoms with E-state index in [4.69, 9.17) is 5.41 Å². The Kier molecular flexibility index (Phi) is 3.20.